The number of nitrogens with zero attached hydrogens (tertiary/aromatic N) is 4. The van der Waals surface area contributed by atoms with E-state index in [1.165, 1.54) is 0 Å². The number of carbonyl (C=O) groups excluding carboxylic acids is 1. The van der Waals surface area contributed by atoms with Crippen molar-refractivity contribution in [3.63, 3.8) is 0 Å². The number of hydrogen-bond donors (Lipinski definition) is 1. The van der Waals surface area contributed by atoms with Gasteiger partial charge in [-0.3, -0.25) is 0 Å². The molecule has 0 spiro atoms. The van der Waals surface area contributed by atoms with E-state index in [1.54, 1.807) is 7.11 Å². The smallest absolute Gasteiger partial charge is 0.322 e. The summed E-state index contributed by atoms with van der Waals surface area (Å²) in [5.74, 6) is 1.64. The van der Waals surface area contributed by atoms with Crippen LogP contribution in [0.1, 0.15) is 6.92 Å². The minimum atomic E-state index is -0.104. The molecular formula is C21H25N5O2. The largest absolute Gasteiger partial charge is 0.495 e. The van der Waals surface area contributed by atoms with E-state index >= 15 is 0 Å². The summed E-state index contributed by atoms with van der Waals surface area (Å²) in [6.45, 7) is 5.80. The van der Waals surface area contributed by atoms with Crippen LogP contribution in [0.4, 0.5) is 16.4 Å². The molecule has 7 nitrogen and oxygen atoms in total. The van der Waals surface area contributed by atoms with Crippen LogP contribution < -0.4 is 15.0 Å². The maximum absolute atomic E-state index is 12.7. The Morgan fingerprint density at radius 3 is 2.54 bits per heavy atom. The van der Waals surface area contributed by atoms with Crippen molar-refractivity contribution in [1.82, 2.24) is 14.5 Å². The molecular weight excluding hydrogens is 354 g/mol. The number of amides is 2. The number of nitrogens with one attached hydrogen (secondary N) is 1. The van der Waals surface area contributed by atoms with Gasteiger partial charge in [0.1, 0.15) is 5.75 Å². The summed E-state index contributed by atoms with van der Waals surface area (Å²) in [7, 11) is 1.60. The Hall–Kier alpha value is -3.22. The second kappa shape index (κ2) is 7.80. The van der Waals surface area contributed by atoms with Crippen LogP contribution in [0.5, 0.6) is 5.75 Å². The average molecular weight is 379 g/mol. The quantitative estimate of drug-likeness (QED) is 0.755. The van der Waals surface area contributed by atoms with Crippen LogP contribution in [0.15, 0.2) is 48.5 Å². The van der Waals surface area contributed by atoms with Gasteiger partial charge in [-0.05, 0) is 31.2 Å². The van der Waals surface area contributed by atoms with E-state index < -0.39 is 0 Å². The zero-order valence-electron chi connectivity index (χ0n) is 16.3. The number of urea groups is 1. The highest BCUT2D eigenvalue weighted by atomic mass is 16.5. The van der Waals surface area contributed by atoms with Gasteiger partial charge in [-0.25, -0.2) is 9.78 Å². The number of methoxy groups -OCH3 is 1. The first-order valence-corrected chi connectivity index (χ1v) is 9.60. The zero-order chi connectivity index (χ0) is 19.5. The van der Waals surface area contributed by atoms with Crippen LogP contribution in [-0.2, 0) is 6.54 Å². The van der Waals surface area contributed by atoms with Crippen molar-refractivity contribution >= 4 is 28.7 Å². The van der Waals surface area contributed by atoms with E-state index in [9.17, 15) is 4.79 Å². The summed E-state index contributed by atoms with van der Waals surface area (Å²) in [6, 6.07) is 15.5. The maximum Gasteiger partial charge on any atom is 0.322 e. The van der Waals surface area contributed by atoms with Gasteiger partial charge in [-0.1, -0.05) is 24.3 Å². The number of anilines is 2. The number of fused-ring (bicyclic) bond motifs is 1. The third kappa shape index (κ3) is 3.35. The van der Waals surface area contributed by atoms with Crippen LogP contribution in [0.2, 0.25) is 0 Å². The minimum absolute atomic E-state index is 0.104. The van der Waals surface area contributed by atoms with Crippen molar-refractivity contribution in [3.05, 3.63) is 48.5 Å². The molecule has 1 N–H and O–H groups in total. The lowest BCUT2D eigenvalue weighted by Crippen LogP contribution is -2.50. The second-order valence-electron chi connectivity index (χ2n) is 6.75. The molecule has 1 aromatic heterocycles. The maximum atomic E-state index is 12.7. The van der Waals surface area contributed by atoms with E-state index in [0.29, 0.717) is 24.5 Å². The molecule has 1 aliphatic heterocycles. The van der Waals surface area contributed by atoms with E-state index in [1.807, 2.05) is 47.4 Å². The summed E-state index contributed by atoms with van der Waals surface area (Å²) in [4.78, 5) is 21.6. The highest BCUT2D eigenvalue weighted by molar-refractivity contribution is 5.91. The Morgan fingerprint density at radius 2 is 1.79 bits per heavy atom. The minimum Gasteiger partial charge on any atom is -0.495 e. The topological polar surface area (TPSA) is 62.6 Å². The van der Waals surface area contributed by atoms with Gasteiger partial charge < -0.3 is 24.4 Å². The Balaban J connectivity index is 1.44. The van der Waals surface area contributed by atoms with E-state index in [2.05, 4.69) is 27.8 Å². The molecule has 146 valence electrons. The Labute approximate surface area is 164 Å². The van der Waals surface area contributed by atoms with Crippen LogP contribution in [0, 0.1) is 0 Å². The van der Waals surface area contributed by atoms with Crippen LogP contribution in [-0.4, -0.2) is 53.8 Å². The van der Waals surface area contributed by atoms with Crippen LogP contribution in [0.25, 0.3) is 11.0 Å². The fourth-order valence-corrected chi connectivity index (χ4v) is 3.67. The molecule has 0 saturated carbocycles. The van der Waals surface area contributed by atoms with Crippen molar-refractivity contribution in [2.75, 3.05) is 43.5 Å². The summed E-state index contributed by atoms with van der Waals surface area (Å²) in [5.41, 5.74) is 2.84. The fourth-order valence-electron chi connectivity index (χ4n) is 3.67. The van der Waals surface area contributed by atoms with Gasteiger partial charge in [0.15, 0.2) is 0 Å². The first-order chi connectivity index (χ1) is 13.7. The number of piperazine rings is 1. The Bertz CT molecular complexity index is 976. The number of imidazole rings is 1. The summed E-state index contributed by atoms with van der Waals surface area (Å²) >= 11 is 0. The van der Waals surface area contributed by atoms with E-state index in [0.717, 1.165) is 36.6 Å². The van der Waals surface area contributed by atoms with Crippen molar-refractivity contribution in [2.24, 2.45) is 0 Å². The molecule has 2 heterocycles. The summed E-state index contributed by atoms with van der Waals surface area (Å²) < 4.78 is 7.55. The molecule has 0 unspecified atom stereocenters. The molecule has 3 aromatic rings. The number of benzene rings is 2. The van der Waals surface area contributed by atoms with Gasteiger partial charge in [-0.2, -0.15) is 0 Å². The van der Waals surface area contributed by atoms with Gasteiger partial charge in [0.25, 0.3) is 0 Å². The number of para-hydroxylation sites is 4. The standard InChI is InChI=1S/C21H25N5O2/c1-3-26-18-10-6-4-8-16(18)22-20(26)24-12-14-25(15-13-24)21(27)23-17-9-5-7-11-19(17)28-2/h4-11H,3,12-15H2,1-2H3,(H,23,27). The Kier molecular flexibility index (Phi) is 5.06. The van der Waals surface area contributed by atoms with E-state index in [4.69, 9.17) is 9.72 Å². The molecule has 2 amide bonds. The molecule has 2 aromatic carbocycles. The Morgan fingerprint density at radius 1 is 1.07 bits per heavy atom. The average Bonchev–Trinajstić information content (AvgIpc) is 3.13. The third-order valence-corrected chi connectivity index (χ3v) is 5.15. The number of aryl methyl sites for hydroxylation is 1. The third-order valence-electron chi connectivity index (χ3n) is 5.15. The summed E-state index contributed by atoms with van der Waals surface area (Å²) in [5, 5.41) is 2.95. The molecule has 1 fully saturated rings. The molecule has 0 aliphatic carbocycles. The van der Waals surface area contributed by atoms with Gasteiger partial charge in [0, 0.05) is 32.7 Å². The van der Waals surface area contributed by atoms with Gasteiger partial charge >= 0.3 is 6.03 Å². The number of carbonyl (C=O) groups is 1. The first-order valence-electron chi connectivity index (χ1n) is 9.60. The molecule has 0 atom stereocenters. The second-order valence-corrected chi connectivity index (χ2v) is 6.75. The molecule has 28 heavy (non-hydrogen) atoms. The molecule has 7 heteroatoms. The van der Waals surface area contributed by atoms with Crippen LogP contribution in [0.3, 0.4) is 0 Å². The van der Waals surface area contributed by atoms with Gasteiger partial charge in [-0.15, -0.1) is 0 Å². The summed E-state index contributed by atoms with van der Waals surface area (Å²) in [6.07, 6.45) is 0. The lowest BCUT2D eigenvalue weighted by molar-refractivity contribution is 0.207. The normalized spacial score (nSPS) is 14.4. The zero-order valence-corrected chi connectivity index (χ0v) is 16.3. The molecule has 0 radical (unpaired) electrons. The van der Waals surface area contributed by atoms with Crippen molar-refractivity contribution < 1.29 is 9.53 Å². The molecule has 1 aliphatic rings. The monoisotopic (exact) mass is 379 g/mol. The predicted octanol–water partition coefficient (Wildman–Crippen LogP) is 3.42. The number of hydrogen-bond acceptors (Lipinski definition) is 4. The van der Waals surface area contributed by atoms with Crippen molar-refractivity contribution in [1.29, 1.82) is 0 Å². The molecule has 0 bridgehead atoms. The van der Waals surface area contributed by atoms with Crippen molar-refractivity contribution in [2.45, 2.75) is 13.5 Å². The predicted molar refractivity (Wildman–Crippen MR) is 111 cm³/mol. The van der Waals surface area contributed by atoms with Gasteiger partial charge in [0.05, 0.1) is 23.8 Å². The number of ether oxygens (including phenoxy) is 1. The van der Waals surface area contributed by atoms with E-state index in [-0.39, 0.29) is 6.03 Å². The highest BCUT2D eigenvalue weighted by Crippen LogP contribution is 2.25. The number of rotatable bonds is 4. The molecule has 4 rings (SSSR count). The fraction of sp³-hybridized carbons (Fsp3) is 0.333. The van der Waals surface area contributed by atoms with Gasteiger partial charge in [0.2, 0.25) is 5.95 Å². The number of aromatic nitrogens is 2. The lowest BCUT2D eigenvalue weighted by Gasteiger charge is -2.35. The molecule has 1 saturated heterocycles. The lowest BCUT2D eigenvalue weighted by atomic mass is 10.3. The van der Waals surface area contributed by atoms with Crippen molar-refractivity contribution in [3.8, 4) is 5.75 Å². The highest BCUT2D eigenvalue weighted by Gasteiger charge is 2.25. The first kappa shape index (κ1) is 18.2. The SMILES string of the molecule is CCn1c(N2CCN(C(=O)Nc3ccccc3OC)CC2)nc2ccccc21. The van der Waals surface area contributed by atoms with Crippen LogP contribution >= 0.6 is 0 Å².